The van der Waals surface area contributed by atoms with E-state index in [4.69, 9.17) is 41.4 Å². The molecule has 18 heteroatoms. The number of halogens is 3. The van der Waals surface area contributed by atoms with Crippen molar-refractivity contribution >= 4 is 50.6 Å². The summed E-state index contributed by atoms with van der Waals surface area (Å²) in [6, 6.07) is 13.4. The van der Waals surface area contributed by atoms with Gasteiger partial charge >= 0.3 is 7.60 Å². The molecule has 0 saturated carbocycles. The minimum atomic E-state index is -4.60. The van der Waals surface area contributed by atoms with E-state index in [9.17, 15) is 21.8 Å². The van der Waals surface area contributed by atoms with Gasteiger partial charge in [-0.3, -0.25) is 0 Å². The van der Waals surface area contributed by atoms with Crippen LogP contribution in [-0.2, 0) is 14.6 Å². The van der Waals surface area contributed by atoms with Gasteiger partial charge in [-0.25, -0.2) is 21.8 Å². The molecule has 4 rings (SSSR count). The third kappa shape index (κ3) is 7.71. The summed E-state index contributed by atoms with van der Waals surface area (Å²) in [6.07, 6.45) is -0.992. The molecular weight excluding hydrogens is 649 g/mol. The van der Waals surface area contributed by atoms with Crippen LogP contribution in [0.15, 0.2) is 63.9 Å². The van der Waals surface area contributed by atoms with Gasteiger partial charge in [-0.2, -0.15) is 15.2 Å². The Labute approximate surface area is 251 Å². The lowest BCUT2D eigenvalue weighted by Crippen LogP contribution is -2.26. The SMILES string of the molecule is N#Cc1ccc(OP(=O)(CNS(=O)(=O)c2cc3cc(OCCN=[N+]=[N-])cc(Cl)c3s2)Oc2ccc(C#N)c(F)c2)cc1F. The van der Waals surface area contributed by atoms with Crippen molar-refractivity contribution in [2.75, 3.05) is 19.4 Å². The Bertz CT molecular complexity index is 1940. The average molecular weight is 665 g/mol. The molecule has 3 aromatic carbocycles. The fourth-order valence-electron chi connectivity index (χ4n) is 3.45. The number of benzene rings is 3. The summed E-state index contributed by atoms with van der Waals surface area (Å²) in [5.41, 5.74) is 7.71. The molecule has 0 fully saturated rings. The Balaban J connectivity index is 1.61. The first kappa shape index (κ1) is 31.5. The summed E-state index contributed by atoms with van der Waals surface area (Å²) >= 11 is 7.12. The molecule has 43 heavy (non-hydrogen) atoms. The lowest BCUT2D eigenvalue weighted by atomic mass is 10.2. The van der Waals surface area contributed by atoms with Crippen LogP contribution < -0.4 is 18.5 Å². The van der Waals surface area contributed by atoms with Crippen LogP contribution in [0.4, 0.5) is 8.78 Å². The maximum Gasteiger partial charge on any atom is 0.445 e. The number of sulfonamides is 1. The summed E-state index contributed by atoms with van der Waals surface area (Å²) < 4.78 is 87.1. The zero-order valence-electron chi connectivity index (χ0n) is 21.4. The summed E-state index contributed by atoms with van der Waals surface area (Å²) in [7, 11) is -8.99. The molecule has 0 saturated heterocycles. The van der Waals surface area contributed by atoms with Gasteiger partial charge in [0.1, 0.15) is 51.5 Å². The standard InChI is InChI=1S/C25H16ClF2N6O6PS2/c26-21-9-20(38-6-5-32-34-31)7-17-8-24(42-25(17)21)43(36,37)33-14-41(35,39-18-3-1-15(12-29)22(27)10-18)40-19-4-2-16(13-30)23(28)11-19/h1-4,7-11,33H,5-6,14H2. The second-order valence-electron chi connectivity index (χ2n) is 8.30. The zero-order chi connectivity index (χ0) is 31.2. The highest BCUT2D eigenvalue weighted by molar-refractivity contribution is 7.92. The molecular formula is C25H16ClF2N6O6PS2. The number of hydrogen-bond acceptors (Lipinski definition) is 10. The van der Waals surface area contributed by atoms with Crippen molar-refractivity contribution in [1.82, 2.24) is 4.72 Å². The molecule has 0 amide bonds. The molecule has 0 atom stereocenters. The van der Waals surface area contributed by atoms with Crippen molar-refractivity contribution in [3.05, 3.63) is 92.8 Å². The number of hydrogen-bond donors (Lipinski definition) is 1. The molecule has 0 bridgehead atoms. The quantitative estimate of drug-likeness (QED) is 0.0559. The zero-order valence-corrected chi connectivity index (χ0v) is 24.7. The highest BCUT2D eigenvalue weighted by atomic mass is 35.5. The molecule has 1 aromatic heterocycles. The Morgan fingerprint density at radius 1 is 1.00 bits per heavy atom. The Morgan fingerprint density at radius 2 is 1.60 bits per heavy atom. The van der Waals surface area contributed by atoms with E-state index in [0.717, 1.165) is 47.7 Å². The Kier molecular flexibility index (Phi) is 9.73. The minimum Gasteiger partial charge on any atom is -0.493 e. The number of nitriles is 2. The van der Waals surface area contributed by atoms with Crippen molar-refractivity contribution in [3.63, 3.8) is 0 Å². The molecule has 0 aliphatic carbocycles. The largest absolute Gasteiger partial charge is 0.493 e. The first-order valence-electron chi connectivity index (χ1n) is 11.7. The van der Waals surface area contributed by atoms with Crippen LogP contribution in [0.5, 0.6) is 17.2 Å². The van der Waals surface area contributed by atoms with Crippen molar-refractivity contribution in [2.24, 2.45) is 5.11 Å². The highest BCUT2D eigenvalue weighted by Gasteiger charge is 2.32. The van der Waals surface area contributed by atoms with Gasteiger partial charge < -0.3 is 13.8 Å². The van der Waals surface area contributed by atoms with E-state index in [0.29, 0.717) is 15.8 Å². The maximum absolute atomic E-state index is 14.2. The van der Waals surface area contributed by atoms with Gasteiger partial charge in [0, 0.05) is 23.1 Å². The fraction of sp³-hybridized carbons (Fsp3) is 0.120. The summed E-state index contributed by atoms with van der Waals surface area (Å²) in [5, 5.41) is 21.9. The van der Waals surface area contributed by atoms with E-state index in [-0.39, 0.29) is 45.0 Å². The van der Waals surface area contributed by atoms with Gasteiger partial charge in [0.05, 0.1) is 34.0 Å². The van der Waals surface area contributed by atoms with E-state index >= 15 is 0 Å². The normalized spacial score (nSPS) is 11.3. The molecule has 12 nitrogen and oxygen atoms in total. The summed E-state index contributed by atoms with van der Waals surface area (Å²) in [6.45, 7) is 0.123. The second kappa shape index (κ2) is 13.3. The van der Waals surface area contributed by atoms with Crippen LogP contribution in [0.25, 0.3) is 20.5 Å². The molecule has 0 spiro atoms. The highest BCUT2D eigenvalue weighted by Crippen LogP contribution is 2.48. The van der Waals surface area contributed by atoms with Gasteiger partial charge in [0.15, 0.2) is 0 Å². The van der Waals surface area contributed by atoms with Crippen LogP contribution in [0.2, 0.25) is 5.02 Å². The average Bonchev–Trinajstić information content (AvgIpc) is 3.41. The van der Waals surface area contributed by atoms with E-state index < -0.39 is 35.5 Å². The third-order valence-electron chi connectivity index (χ3n) is 5.37. The van der Waals surface area contributed by atoms with Crippen molar-refractivity contribution < 1.29 is 35.5 Å². The molecule has 0 radical (unpaired) electrons. The molecule has 4 aromatic rings. The maximum atomic E-state index is 14.2. The van der Waals surface area contributed by atoms with Crippen molar-refractivity contribution in [2.45, 2.75) is 4.21 Å². The van der Waals surface area contributed by atoms with Gasteiger partial charge in [-0.05, 0) is 47.3 Å². The van der Waals surface area contributed by atoms with E-state index in [1.807, 2.05) is 0 Å². The predicted octanol–water partition coefficient (Wildman–Crippen LogP) is 6.85. The molecule has 0 aliphatic rings. The number of nitrogens with one attached hydrogen (secondary N) is 1. The van der Waals surface area contributed by atoms with Crippen LogP contribution >= 0.6 is 30.5 Å². The molecule has 1 N–H and O–H groups in total. The molecule has 220 valence electrons. The van der Waals surface area contributed by atoms with E-state index in [2.05, 4.69) is 14.7 Å². The number of azide groups is 1. The van der Waals surface area contributed by atoms with Gasteiger partial charge in [0.2, 0.25) is 0 Å². The second-order valence-corrected chi connectivity index (χ2v) is 13.7. The number of nitrogens with zero attached hydrogens (tertiary/aromatic N) is 5. The topological polar surface area (TPSA) is 187 Å². The van der Waals surface area contributed by atoms with E-state index in [1.54, 1.807) is 12.1 Å². The first-order valence-corrected chi connectivity index (χ1v) is 16.1. The number of fused-ring (bicyclic) bond motifs is 1. The monoisotopic (exact) mass is 664 g/mol. The number of thiophene rings is 1. The van der Waals surface area contributed by atoms with Crippen LogP contribution in [0.1, 0.15) is 11.1 Å². The number of ether oxygens (including phenoxy) is 1. The van der Waals surface area contributed by atoms with Crippen molar-refractivity contribution in [1.29, 1.82) is 10.5 Å². The smallest absolute Gasteiger partial charge is 0.445 e. The Morgan fingerprint density at radius 3 is 2.14 bits per heavy atom. The number of rotatable bonds is 12. The predicted molar refractivity (Wildman–Crippen MR) is 153 cm³/mol. The summed E-state index contributed by atoms with van der Waals surface area (Å²) in [5.74, 6) is -2.43. The van der Waals surface area contributed by atoms with Crippen LogP contribution in [0.3, 0.4) is 0 Å². The lowest BCUT2D eigenvalue weighted by Gasteiger charge is -2.20. The minimum absolute atomic E-state index is 0.0598. The first-order chi connectivity index (χ1) is 20.5. The molecule has 0 unspecified atom stereocenters. The van der Waals surface area contributed by atoms with Gasteiger partial charge in [-0.15, -0.1) is 11.3 Å². The van der Waals surface area contributed by atoms with Crippen LogP contribution in [-0.4, -0.2) is 27.9 Å². The van der Waals surface area contributed by atoms with E-state index in [1.165, 1.54) is 18.2 Å². The summed E-state index contributed by atoms with van der Waals surface area (Å²) in [4.78, 5) is 2.62. The molecule has 0 aliphatic heterocycles. The fourth-order valence-corrected chi connectivity index (χ4v) is 8.20. The van der Waals surface area contributed by atoms with Crippen LogP contribution in [0, 0.1) is 34.3 Å². The van der Waals surface area contributed by atoms with Gasteiger partial charge in [0.25, 0.3) is 10.0 Å². The molecule has 1 heterocycles. The third-order valence-corrected chi connectivity index (χ3v) is 10.6. The van der Waals surface area contributed by atoms with Gasteiger partial charge in [-0.1, -0.05) is 16.7 Å². The van der Waals surface area contributed by atoms with Crippen molar-refractivity contribution in [3.8, 4) is 29.4 Å². The Hall–Kier alpha value is -4.40. The lowest BCUT2D eigenvalue weighted by molar-refractivity contribution is 0.328.